The fourth-order valence-corrected chi connectivity index (χ4v) is 3.58. The van der Waals surface area contributed by atoms with Crippen LogP contribution >= 0.6 is 0 Å². The van der Waals surface area contributed by atoms with Gasteiger partial charge in [0, 0.05) is 28.1 Å². The molecule has 4 aromatic rings. The number of ether oxygens (including phenoxy) is 1. The Hall–Kier alpha value is -3.71. The molecule has 0 saturated heterocycles. The molecular formula is C29H23F3O. The third kappa shape index (κ3) is 5.38. The van der Waals surface area contributed by atoms with Gasteiger partial charge in [-0.1, -0.05) is 55.9 Å². The molecule has 166 valence electrons. The SMILES string of the molecule is CCCCCOc1ccc(-c2ccc(C#Cc3ccc4c(F)c(F)ccc4c3)cc2)c(F)c1. The zero-order chi connectivity index (χ0) is 23.2. The predicted octanol–water partition coefficient (Wildman–Crippen LogP) is 7.89. The minimum Gasteiger partial charge on any atom is -0.493 e. The minimum atomic E-state index is -0.869. The lowest BCUT2D eigenvalue weighted by Gasteiger charge is -2.09. The fraction of sp³-hybridized carbons (Fsp3) is 0.172. The molecule has 33 heavy (non-hydrogen) atoms. The third-order valence-electron chi connectivity index (χ3n) is 5.41. The molecule has 0 heterocycles. The number of fused-ring (bicyclic) bond motifs is 1. The van der Waals surface area contributed by atoms with Crippen LogP contribution in [0.5, 0.6) is 5.75 Å². The van der Waals surface area contributed by atoms with E-state index in [1.807, 2.05) is 24.3 Å². The molecule has 4 rings (SSSR count). The van der Waals surface area contributed by atoms with Crippen molar-refractivity contribution in [3.8, 4) is 28.7 Å². The van der Waals surface area contributed by atoms with Crippen LogP contribution in [0.4, 0.5) is 13.2 Å². The van der Waals surface area contributed by atoms with Crippen LogP contribution in [0.1, 0.15) is 37.3 Å². The van der Waals surface area contributed by atoms with Crippen LogP contribution in [0.15, 0.2) is 72.8 Å². The molecule has 0 aromatic heterocycles. The van der Waals surface area contributed by atoms with Crippen molar-refractivity contribution in [3.05, 3.63) is 101 Å². The van der Waals surface area contributed by atoms with Gasteiger partial charge in [0.05, 0.1) is 6.61 Å². The Balaban J connectivity index is 1.48. The summed E-state index contributed by atoms with van der Waals surface area (Å²) in [7, 11) is 0. The molecule has 0 aliphatic heterocycles. The van der Waals surface area contributed by atoms with Crippen molar-refractivity contribution in [2.75, 3.05) is 6.61 Å². The average molecular weight is 444 g/mol. The summed E-state index contributed by atoms with van der Waals surface area (Å²) in [6.07, 6.45) is 3.16. The molecule has 4 aromatic carbocycles. The summed E-state index contributed by atoms with van der Waals surface area (Å²) in [5.41, 5.74) is 2.71. The van der Waals surface area contributed by atoms with Gasteiger partial charge in [-0.2, -0.15) is 0 Å². The summed E-state index contributed by atoms with van der Waals surface area (Å²) in [6.45, 7) is 2.71. The first kappa shape index (κ1) is 22.5. The molecule has 0 bridgehead atoms. The van der Waals surface area contributed by atoms with Gasteiger partial charge in [-0.15, -0.1) is 0 Å². The highest BCUT2D eigenvalue weighted by Crippen LogP contribution is 2.27. The van der Waals surface area contributed by atoms with Gasteiger partial charge in [0.25, 0.3) is 0 Å². The molecule has 1 nitrogen and oxygen atoms in total. The van der Waals surface area contributed by atoms with Crippen LogP contribution in [0.3, 0.4) is 0 Å². The Bertz CT molecular complexity index is 1330. The van der Waals surface area contributed by atoms with E-state index in [0.717, 1.165) is 36.5 Å². The van der Waals surface area contributed by atoms with Gasteiger partial charge in [0.1, 0.15) is 11.6 Å². The van der Waals surface area contributed by atoms with Crippen molar-refractivity contribution >= 4 is 10.8 Å². The highest BCUT2D eigenvalue weighted by molar-refractivity contribution is 5.84. The van der Waals surface area contributed by atoms with E-state index in [2.05, 4.69) is 18.8 Å². The maximum absolute atomic E-state index is 14.6. The highest BCUT2D eigenvalue weighted by atomic mass is 19.2. The van der Waals surface area contributed by atoms with Gasteiger partial charge >= 0.3 is 0 Å². The van der Waals surface area contributed by atoms with E-state index >= 15 is 0 Å². The first-order valence-corrected chi connectivity index (χ1v) is 11.0. The van der Waals surface area contributed by atoms with Crippen molar-refractivity contribution in [2.24, 2.45) is 0 Å². The zero-order valence-electron chi connectivity index (χ0n) is 18.3. The Kier molecular flexibility index (Phi) is 7.00. The van der Waals surface area contributed by atoms with E-state index in [1.165, 1.54) is 18.2 Å². The van der Waals surface area contributed by atoms with Gasteiger partial charge < -0.3 is 4.74 Å². The van der Waals surface area contributed by atoms with Crippen LogP contribution in [0, 0.1) is 29.3 Å². The van der Waals surface area contributed by atoms with E-state index in [4.69, 9.17) is 4.74 Å². The smallest absolute Gasteiger partial charge is 0.166 e. The van der Waals surface area contributed by atoms with Crippen molar-refractivity contribution < 1.29 is 17.9 Å². The number of benzene rings is 4. The molecule has 0 aliphatic rings. The topological polar surface area (TPSA) is 9.23 Å². The minimum absolute atomic E-state index is 0.226. The standard InChI is InChI=1S/C29H23F3O/c1-2-3-4-17-33-24-13-15-25(28(31)19-24)22-10-7-20(8-11-22)5-6-21-9-14-26-23(18-21)12-16-27(30)29(26)32/h7-16,18-19H,2-4,17H2,1H3. The van der Waals surface area contributed by atoms with E-state index in [0.29, 0.717) is 28.9 Å². The van der Waals surface area contributed by atoms with Gasteiger partial charge in [-0.05, 0) is 59.8 Å². The third-order valence-corrected chi connectivity index (χ3v) is 5.41. The Morgan fingerprint density at radius 2 is 1.48 bits per heavy atom. The van der Waals surface area contributed by atoms with Crippen molar-refractivity contribution in [2.45, 2.75) is 26.2 Å². The molecule has 0 unspecified atom stereocenters. The van der Waals surface area contributed by atoms with Crippen LogP contribution < -0.4 is 4.74 Å². The van der Waals surface area contributed by atoms with Crippen molar-refractivity contribution in [1.29, 1.82) is 0 Å². The van der Waals surface area contributed by atoms with Gasteiger partial charge in [0.15, 0.2) is 11.6 Å². The number of unbranched alkanes of at least 4 members (excludes halogenated alkanes) is 2. The second kappa shape index (κ2) is 10.3. The van der Waals surface area contributed by atoms with Gasteiger partial charge in [-0.3, -0.25) is 0 Å². The summed E-state index contributed by atoms with van der Waals surface area (Å²) in [5, 5.41) is 0.814. The zero-order valence-corrected chi connectivity index (χ0v) is 18.3. The number of halogens is 3. The molecule has 0 saturated carbocycles. The lowest BCUT2D eigenvalue weighted by molar-refractivity contribution is 0.305. The van der Waals surface area contributed by atoms with Gasteiger partial charge in [-0.25, -0.2) is 13.2 Å². The lowest BCUT2D eigenvalue weighted by atomic mass is 10.0. The molecule has 0 atom stereocenters. The number of hydrogen-bond acceptors (Lipinski definition) is 1. The first-order chi connectivity index (χ1) is 16.0. The number of rotatable bonds is 6. The normalized spacial score (nSPS) is 10.7. The van der Waals surface area contributed by atoms with Crippen molar-refractivity contribution in [1.82, 2.24) is 0 Å². The van der Waals surface area contributed by atoms with Crippen LogP contribution in [-0.2, 0) is 0 Å². The molecule has 0 amide bonds. The van der Waals surface area contributed by atoms with E-state index in [9.17, 15) is 13.2 Å². The van der Waals surface area contributed by atoms with Crippen LogP contribution in [-0.4, -0.2) is 6.61 Å². The molecular weight excluding hydrogens is 421 g/mol. The predicted molar refractivity (Wildman–Crippen MR) is 127 cm³/mol. The molecule has 0 spiro atoms. The second-order valence-electron chi connectivity index (χ2n) is 7.82. The fourth-order valence-electron chi connectivity index (χ4n) is 3.58. The summed E-state index contributed by atoms with van der Waals surface area (Å²) < 4.78 is 47.4. The maximum atomic E-state index is 14.6. The quantitative estimate of drug-likeness (QED) is 0.217. The Morgan fingerprint density at radius 1 is 0.727 bits per heavy atom. The highest BCUT2D eigenvalue weighted by Gasteiger charge is 2.08. The monoisotopic (exact) mass is 444 g/mol. The van der Waals surface area contributed by atoms with Crippen molar-refractivity contribution in [3.63, 3.8) is 0 Å². The molecule has 0 N–H and O–H groups in total. The summed E-state index contributed by atoms with van der Waals surface area (Å²) in [4.78, 5) is 0. The summed E-state index contributed by atoms with van der Waals surface area (Å²) in [5.74, 6) is 4.57. The number of hydrogen-bond donors (Lipinski definition) is 0. The molecule has 0 fully saturated rings. The molecule has 0 aliphatic carbocycles. The van der Waals surface area contributed by atoms with E-state index in [-0.39, 0.29) is 11.2 Å². The van der Waals surface area contributed by atoms with Crippen LogP contribution in [0.2, 0.25) is 0 Å². The molecule has 0 radical (unpaired) electrons. The second-order valence-corrected chi connectivity index (χ2v) is 7.82. The Morgan fingerprint density at radius 3 is 2.24 bits per heavy atom. The largest absolute Gasteiger partial charge is 0.493 e. The lowest BCUT2D eigenvalue weighted by Crippen LogP contribution is -1.97. The maximum Gasteiger partial charge on any atom is 0.166 e. The van der Waals surface area contributed by atoms with E-state index < -0.39 is 11.6 Å². The summed E-state index contributed by atoms with van der Waals surface area (Å²) >= 11 is 0. The molecule has 4 heteroatoms. The Labute approximate surface area is 191 Å². The average Bonchev–Trinajstić information content (AvgIpc) is 2.83. The van der Waals surface area contributed by atoms with Crippen LogP contribution in [0.25, 0.3) is 21.9 Å². The first-order valence-electron chi connectivity index (χ1n) is 11.0. The summed E-state index contributed by atoms with van der Waals surface area (Å²) in [6, 6.07) is 19.8. The van der Waals surface area contributed by atoms with Gasteiger partial charge in [0.2, 0.25) is 0 Å². The van der Waals surface area contributed by atoms with E-state index in [1.54, 1.807) is 24.3 Å².